The van der Waals surface area contributed by atoms with Gasteiger partial charge >= 0.3 is 0 Å². The summed E-state index contributed by atoms with van der Waals surface area (Å²) in [7, 11) is 4.02. The highest BCUT2D eigenvalue weighted by Gasteiger charge is 2.41. The molecule has 0 saturated carbocycles. The number of Topliss-reactive ketones (excluding diaryl/α,β-unsaturated/α-hetero) is 1. The number of carbonyl (C=O) groups excluding carboxylic acids is 1. The van der Waals surface area contributed by atoms with Gasteiger partial charge < -0.3 is 9.80 Å². The highest BCUT2D eigenvalue weighted by atomic mass is 32.2. The first-order valence-electron chi connectivity index (χ1n) is 7.17. The Labute approximate surface area is 138 Å². The van der Waals surface area contributed by atoms with Gasteiger partial charge in [0.1, 0.15) is 10.7 Å². The molecule has 0 aliphatic carbocycles. The van der Waals surface area contributed by atoms with Crippen molar-refractivity contribution in [3.05, 3.63) is 48.5 Å². The lowest BCUT2D eigenvalue weighted by Gasteiger charge is -2.26. The van der Waals surface area contributed by atoms with Crippen LogP contribution in [0.3, 0.4) is 0 Å². The fraction of sp³-hybridized carbons (Fsp3) is 0.235. The van der Waals surface area contributed by atoms with E-state index in [1.54, 1.807) is 23.5 Å². The Bertz CT molecular complexity index is 687. The molecule has 0 N–H and O–H groups in total. The molecule has 2 aromatic carbocycles. The molecule has 2 unspecified atom stereocenters. The van der Waals surface area contributed by atoms with Crippen molar-refractivity contribution in [2.45, 2.75) is 20.5 Å². The van der Waals surface area contributed by atoms with Crippen LogP contribution in [0, 0.1) is 0 Å². The second kappa shape index (κ2) is 5.25. The number of hydrogen-bond acceptors (Lipinski definition) is 5. The molecule has 0 aromatic heterocycles. The molecule has 5 heteroatoms. The SMILES string of the molecule is CN1c2ccccc2SC1C(=O)C1Sc2ccccc2N1C. The summed E-state index contributed by atoms with van der Waals surface area (Å²) >= 11 is 3.31. The zero-order valence-electron chi connectivity index (χ0n) is 12.4. The van der Waals surface area contributed by atoms with Gasteiger partial charge in [0.15, 0.2) is 5.78 Å². The second-order valence-corrected chi connectivity index (χ2v) is 7.74. The Kier molecular flexibility index (Phi) is 3.35. The smallest absolute Gasteiger partial charge is 0.198 e. The van der Waals surface area contributed by atoms with Crippen LogP contribution in [0.15, 0.2) is 58.3 Å². The monoisotopic (exact) mass is 328 g/mol. The number of carbonyl (C=O) groups is 1. The molecule has 0 saturated heterocycles. The van der Waals surface area contributed by atoms with Gasteiger partial charge in [-0.15, -0.1) is 0 Å². The number of rotatable bonds is 2. The number of benzene rings is 2. The van der Waals surface area contributed by atoms with Crippen LogP contribution in [0.2, 0.25) is 0 Å². The van der Waals surface area contributed by atoms with Crippen molar-refractivity contribution in [3.63, 3.8) is 0 Å². The van der Waals surface area contributed by atoms with Crippen molar-refractivity contribution in [3.8, 4) is 0 Å². The van der Waals surface area contributed by atoms with Crippen LogP contribution in [0.4, 0.5) is 11.4 Å². The Hall–Kier alpha value is -1.59. The summed E-state index contributed by atoms with van der Waals surface area (Å²) in [6.07, 6.45) is 0. The van der Waals surface area contributed by atoms with E-state index in [4.69, 9.17) is 0 Å². The van der Waals surface area contributed by atoms with E-state index >= 15 is 0 Å². The number of fused-ring (bicyclic) bond motifs is 2. The van der Waals surface area contributed by atoms with E-state index in [9.17, 15) is 4.79 Å². The van der Waals surface area contributed by atoms with Crippen LogP contribution in [0.25, 0.3) is 0 Å². The molecule has 112 valence electrons. The summed E-state index contributed by atoms with van der Waals surface area (Å²) in [5.74, 6) is 0.257. The normalized spacial score (nSPS) is 22.6. The van der Waals surface area contributed by atoms with Crippen molar-refractivity contribution in [2.24, 2.45) is 0 Å². The first-order chi connectivity index (χ1) is 10.7. The van der Waals surface area contributed by atoms with Crippen LogP contribution in [0.5, 0.6) is 0 Å². The zero-order valence-corrected chi connectivity index (χ0v) is 14.0. The molecule has 0 spiro atoms. The van der Waals surface area contributed by atoms with E-state index in [0.29, 0.717) is 0 Å². The van der Waals surface area contributed by atoms with E-state index in [1.807, 2.05) is 38.4 Å². The van der Waals surface area contributed by atoms with Crippen LogP contribution in [0.1, 0.15) is 0 Å². The van der Waals surface area contributed by atoms with Gasteiger partial charge in [0, 0.05) is 23.9 Å². The third-order valence-electron chi connectivity index (χ3n) is 4.16. The minimum atomic E-state index is -0.147. The van der Waals surface area contributed by atoms with Gasteiger partial charge in [-0.05, 0) is 24.3 Å². The third kappa shape index (κ3) is 2.03. The lowest BCUT2D eigenvalue weighted by atomic mass is 10.2. The van der Waals surface area contributed by atoms with Gasteiger partial charge in [-0.25, -0.2) is 0 Å². The number of ketones is 1. The molecule has 0 fully saturated rings. The first-order valence-corrected chi connectivity index (χ1v) is 8.93. The van der Waals surface area contributed by atoms with Gasteiger partial charge in [0.25, 0.3) is 0 Å². The first kappa shape index (κ1) is 14.0. The molecular weight excluding hydrogens is 312 g/mol. The maximum atomic E-state index is 13.1. The summed E-state index contributed by atoms with van der Waals surface area (Å²) in [4.78, 5) is 19.6. The standard InChI is InChI=1S/C17H16N2OS2/c1-18-11-7-3-5-9-13(11)21-16(18)15(20)17-19(2)12-8-4-6-10-14(12)22-17/h3-10,16-17H,1-2H3. The Morgan fingerprint density at radius 1 is 0.818 bits per heavy atom. The fourth-order valence-electron chi connectivity index (χ4n) is 2.97. The number of para-hydroxylation sites is 2. The molecule has 0 amide bonds. The molecule has 2 aliphatic rings. The molecule has 22 heavy (non-hydrogen) atoms. The molecule has 2 heterocycles. The largest absolute Gasteiger partial charge is 0.355 e. The average Bonchev–Trinajstić information content (AvgIpc) is 3.06. The van der Waals surface area contributed by atoms with Crippen LogP contribution < -0.4 is 9.80 Å². The number of nitrogens with zero attached hydrogens (tertiary/aromatic N) is 2. The van der Waals surface area contributed by atoms with E-state index < -0.39 is 0 Å². The fourth-order valence-corrected chi connectivity index (χ4v) is 5.55. The minimum Gasteiger partial charge on any atom is -0.355 e. The third-order valence-corrected chi connectivity index (χ3v) is 6.90. The number of anilines is 2. The number of likely N-dealkylation sites (N-methyl/N-ethyl adjacent to an activating group) is 2. The van der Waals surface area contributed by atoms with Crippen molar-refractivity contribution in [1.29, 1.82) is 0 Å². The lowest BCUT2D eigenvalue weighted by Crippen LogP contribution is -2.43. The number of thioether (sulfide) groups is 2. The second-order valence-electron chi connectivity index (χ2n) is 5.50. The zero-order chi connectivity index (χ0) is 15.3. The van der Waals surface area contributed by atoms with Crippen LogP contribution in [-0.2, 0) is 4.79 Å². The maximum absolute atomic E-state index is 13.1. The maximum Gasteiger partial charge on any atom is 0.198 e. The summed E-state index contributed by atoms with van der Waals surface area (Å²) < 4.78 is 0. The topological polar surface area (TPSA) is 23.6 Å². The van der Waals surface area contributed by atoms with E-state index in [1.165, 1.54) is 9.79 Å². The van der Waals surface area contributed by atoms with Crippen molar-refractivity contribution >= 4 is 40.7 Å². The molecule has 0 bridgehead atoms. The van der Waals surface area contributed by atoms with Gasteiger partial charge in [-0.2, -0.15) is 0 Å². The molecule has 2 aromatic rings. The van der Waals surface area contributed by atoms with Gasteiger partial charge in [0.05, 0.1) is 11.4 Å². The van der Waals surface area contributed by atoms with Gasteiger partial charge in [0.2, 0.25) is 0 Å². The molecule has 2 aliphatic heterocycles. The summed E-state index contributed by atoms with van der Waals surface area (Å²) in [5.41, 5.74) is 2.29. The molecule has 0 radical (unpaired) electrons. The summed E-state index contributed by atoms with van der Waals surface area (Å²) in [6, 6.07) is 16.4. The predicted octanol–water partition coefficient (Wildman–Crippen LogP) is 3.69. The highest BCUT2D eigenvalue weighted by molar-refractivity contribution is 8.02. The van der Waals surface area contributed by atoms with Crippen molar-refractivity contribution < 1.29 is 4.79 Å². The quantitative estimate of drug-likeness (QED) is 0.837. The molecule has 2 atom stereocenters. The van der Waals surface area contributed by atoms with Crippen molar-refractivity contribution in [2.75, 3.05) is 23.9 Å². The van der Waals surface area contributed by atoms with E-state index in [-0.39, 0.29) is 16.5 Å². The van der Waals surface area contributed by atoms with Gasteiger partial charge in [-0.3, -0.25) is 4.79 Å². The summed E-state index contributed by atoms with van der Waals surface area (Å²) in [5, 5.41) is -0.293. The van der Waals surface area contributed by atoms with Gasteiger partial charge in [-0.1, -0.05) is 47.8 Å². The minimum absolute atomic E-state index is 0.147. The predicted molar refractivity (Wildman–Crippen MR) is 94.0 cm³/mol. The highest BCUT2D eigenvalue weighted by Crippen LogP contribution is 2.47. The van der Waals surface area contributed by atoms with Crippen LogP contribution >= 0.6 is 23.5 Å². The van der Waals surface area contributed by atoms with E-state index in [0.717, 1.165) is 11.4 Å². The average molecular weight is 328 g/mol. The Balaban J connectivity index is 1.60. The Morgan fingerprint density at radius 2 is 1.23 bits per heavy atom. The molecule has 3 nitrogen and oxygen atoms in total. The number of hydrogen-bond donors (Lipinski definition) is 0. The van der Waals surface area contributed by atoms with E-state index in [2.05, 4.69) is 34.1 Å². The molecule has 4 rings (SSSR count). The van der Waals surface area contributed by atoms with Crippen LogP contribution in [-0.4, -0.2) is 30.6 Å². The molecular formula is C17H16N2OS2. The Morgan fingerprint density at radius 3 is 1.64 bits per heavy atom. The lowest BCUT2D eigenvalue weighted by molar-refractivity contribution is -0.117. The van der Waals surface area contributed by atoms with Crippen molar-refractivity contribution in [1.82, 2.24) is 0 Å². The summed E-state index contributed by atoms with van der Waals surface area (Å²) in [6.45, 7) is 0.